The molecule has 0 aliphatic rings. The summed E-state index contributed by atoms with van der Waals surface area (Å²) in [6.45, 7) is 0.888. The lowest BCUT2D eigenvalue weighted by Crippen LogP contribution is -2.33. The van der Waals surface area contributed by atoms with Crippen molar-refractivity contribution in [1.82, 2.24) is 24.6 Å². The van der Waals surface area contributed by atoms with Crippen molar-refractivity contribution < 1.29 is 9.53 Å². The SMILES string of the molecule is COCCN(Cc1nc2ccccc2c(=O)[nH]1)C(=O)/C=C\c1cnn(-c2ccccc2)c1. The van der Waals surface area contributed by atoms with E-state index in [1.807, 2.05) is 42.6 Å². The van der Waals surface area contributed by atoms with Crippen LogP contribution in [-0.2, 0) is 16.1 Å². The second-order valence-corrected chi connectivity index (χ2v) is 7.17. The number of aromatic nitrogens is 4. The second-order valence-electron chi connectivity index (χ2n) is 7.17. The average molecular weight is 429 g/mol. The van der Waals surface area contributed by atoms with Gasteiger partial charge in [-0.2, -0.15) is 5.10 Å². The number of methoxy groups -OCH3 is 1. The number of carbonyl (C=O) groups is 1. The zero-order chi connectivity index (χ0) is 22.3. The van der Waals surface area contributed by atoms with Gasteiger partial charge in [-0.3, -0.25) is 9.59 Å². The van der Waals surface area contributed by atoms with Gasteiger partial charge in [-0.05, 0) is 30.3 Å². The van der Waals surface area contributed by atoms with Gasteiger partial charge < -0.3 is 14.6 Å². The highest BCUT2D eigenvalue weighted by Gasteiger charge is 2.14. The fraction of sp³-hybridized carbons (Fsp3) is 0.167. The maximum absolute atomic E-state index is 12.9. The fourth-order valence-electron chi connectivity index (χ4n) is 3.28. The van der Waals surface area contributed by atoms with Crippen LogP contribution in [0.2, 0.25) is 0 Å². The average Bonchev–Trinajstić information content (AvgIpc) is 3.30. The largest absolute Gasteiger partial charge is 0.383 e. The number of hydrogen-bond acceptors (Lipinski definition) is 5. The molecule has 1 amide bonds. The molecular weight excluding hydrogens is 406 g/mol. The monoisotopic (exact) mass is 429 g/mol. The first-order valence-corrected chi connectivity index (χ1v) is 10.2. The van der Waals surface area contributed by atoms with E-state index in [1.165, 1.54) is 6.08 Å². The summed E-state index contributed by atoms with van der Waals surface area (Å²) in [5.74, 6) is 0.203. The molecular formula is C24H23N5O3. The van der Waals surface area contributed by atoms with E-state index >= 15 is 0 Å². The Morgan fingerprint density at radius 1 is 1.16 bits per heavy atom. The van der Waals surface area contributed by atoms with Crippen molar-refractivity contribution in [1.29, 1.82) is 0 Å². The Labute approximate surface area is 184 Å². The van der Waals surface area contributed by atoms with E-state index in [1.54, 1.807) is 47.2 Å². The van der Waals surface area contributed by atoms with Crippen LogP contribution in [0.3, 0.4) is 0 Å². The van der Waals surface area contributed by atoms with Crippen molar-refractivity contribution in [3.63, 3.8) is 0 Å². The van der Waals surface area contributed by atoms with E-state index < -0.39 is 0 Å². The molecule has 0 fully saturated rings. The van der Waals surface area contributed by atoms with Crippen molar-refractivity contribution in [3.8, 4) is 5.69 Å². The van der Waals surface area contributed by atoms with Crippen LogP contribution in [0.4, 0.5) is 0 Å². The first kappa shape index (κ1) is 21.2. The van der Waals surface area contributed by atoms with Crippen LogP contribution in [-0.4, -0.2) is 50.8 Å². The molecule has 1 N–H and O–H groups in total. The van der Waals surface area contributed by atoms with Crippen LogP contribution in [0.15, 0.2) is 77.9 Å². The molecule has 0 bridgehead atoms. The van der Waals surface area contributed by atoms with Gasteiger partial charge in [-0.1, -0.05) is 30.3 Å². The molecule has 0 radical (unpaired) electrons. The number of benzene rings is 2. The van der Waals surface area contributed by atoms with E-state index in [4.69, 9.17) is 4.74 Å². The quantitative estimate of drug-likeness (QED) is 0.435. The third-order valence-corrected chi connectivity index (χ3v) is 4.92. The number of fused-ring (bicyclic) bond motifs is 1. The van der Waals surface area contributed by atoms with E-state index in [-0.39, 0.29) is 18.0 Å². The summed E-state index contributed by atoms with van der Waals surface area (Å²) in [5, 5.41) is 4.85. The number of rotatable bonds is 8. The normalized spacial score (nSPS) is 11.3. The molecule has 8 nitrogen and oxygen atoms in total. The van der Waals surface area contributed by atoms with Crippen LogP contribution in [0.5, 0.6) is 0 Å². The van der Waals surface area contributed by atoms with E-state index in [0.717, 1.165) is 11.3 Å². The number of H-pyrrole nitrogens is 1. The van der Waals surface area contributed by atoms with Gasteiger partial charge in [0.25, 0.3) is 5.56 Å². The Morgan fingerprint density at radius 2 is 1.94 bits per heavy atom. The molecule has 0 saturated heterocycles. The molecule has 2 heterocycles. The molecule has 0 aliphatic carbocycles. The zero-order valence-electron chi connectivity index (χ0n) is 17.6. The summed E-state index contributed by atoms with van der Waals surface area (Å²) in [7, 11) is 1.58. The Morgan fingerprint density at radius 3 is 2.75 bits per heavy atom. The fourth-order valence-corrected chi connectivity index (χ4v) is 3.28. The molecule has 0 saturated carbocycles. The van der Waals surface area contributed by atoms with Crippen molar-refractivity contribution in [3.05, 3.63) is 94.8 Å². The molecule has 2 aromatic heterocycles. The number of carbonyl (C=O) groups excluding carboxylic acids is 1. The van der Waals surface area contributed by atoms with Crippen molar-refractivity contribution >= 4 is 22.9 Å². The summed E-state index contributed by atoms with van der Waals surface area (Å²) < 4.78 is 6.89. The van der Waals surface area contributed by atoms with E-state index in [9.17, 15) is 9.59 Å². The van der Waals surface area contributed by atoms with Crippen molar-refractivity contribution in [2.75, 3.05) is 20.3 Å². The second kappa shape index (κ2) is 9.84. The number of hydrogen-bond donors (Lipinski definition) is 1. The van der Waals surface area contributed by atoms with Gasteiger partial charge in [0.2, 0.25) is 5.91 Å². The first-order valence-electron chi connectivity index (χ1n) is 10.2. The maximum Gasteiger partial charge on any atom is 0.258 e. The summed E-state index contributed by atoms with van der Waals surface area (Å²) >= 11 is 0. The number of ether oxygens (including phenoxy) is 1. The molecule has 0 unspecified atom stereocenters. The standard InChI is InChI=1S/C24H23N5O3/c1-32-14-13-28(17-22-26-21-10-6-5-9-20(21)24(31)27-22)23(30)12-11-18-15-25-29(16-18)19-7-3-2-4-8-19/h2-12,15-16H,13-14,17H2,1H3,(H,26,27,31)/b12-11-. The van der Waals surface area contributed by atoms with Gasteiger partial charge in [0.15, 0.2) is 0 Å². The predicted molar refractivity (Wildman–Crippen MR) is 122 cm³/mol. The Balaban J connectivity index is 1.51. The minimum Gasteiger partial charge on any atom is -0.383 e. The van der Waals surface area contributed by atoms with E-state index in [0.29, 0.717) is 29.9 Å². The molecule has 2 aromatic carbocycles. The van der Waals surface area contributed by atoms with Gasteiger partial charge in [-0.25, -0.2) is 9.67 Å². The molecule has 0 atom stereocenters. The zero-order valence-corrected chi connectivity index (χ0v) is 17.6. The number of amides is 1. The van der Waals surface area contributed by atoms with Crippen molar-refractivity contribution in [2.45, 2.75) is 6.54 Å². The minimum atomic E-state index is -0.228. The summed E-state index contributed by atoms with van der Waals surface area (Å²) in [5.41, 5.74) is 2.10. The molecule has 4 rings (SSSR count). The van der Waals surface area contributed by atoms with Crippen LogP contribution < -0.4 is 5.56 Å². The lowest BCUT2D eigenvalue weighted by Gasteiger charge is -2.20. The van der Waals surface area contributed by atoms with Crippen LogP contribution in [0, 0.1) is 0 Å². The van der Waals surface area contributed by atoms with Gasteiger partial charge >= 0.3 is 0 Å². The summed E-state index contributed by atoms with van der Waals surface area (Å²) in [6, 6.07) is 16.8. The highest BCUT2D eigenvalue weighted by Crippen LogP contribution is 2.10. The number of nitrogens with zero attached hydrogens (tertiary/aromatic N) is 4. The highest BCUT2D eigenvalue weighted by molar-refractivity contribution is 5.91. The topological polar surface area (TPSA) is 93.1 Å². The summed E-state index contributed by atoms with van der Waals surface area (Å²) in [6.07, 6.45) is 6.74. The highest BCUT2D eigenvalue weighted by atomic mass is 16.5. The van der Waals surface area contributed by atoms with Crippen LogP contribution in [0.1, 0.15) is 11.4 Å². The van der Waals surface area contributed by atoms with Crippen LogP contribution >= 0.6 is 0 Å². The molecule has 32 heavy (non-hydrogen) atoms. The number of aromatic amines is 1. The van der Waals surface area contributed by atoms with Gasteiger partial charge in [0.05, 0.1) is 35.9 Å². The summed E-state index contributed by atoms with van der Waals surface area (Å²) in [4.78, 5) is 34.1. The van der Waals surface area contributed by atoms with Gasteiger partial charge in [0, 0.05) is 31.5 Å². The molecule has 8 heteroatoms. The Kier molecular flexibility index (Phi) is 6.52. The van der Waals surface area contributed by atoms with Crippen molar-refractivity contribution in [2.24, 2.45) is 0 Å². The minimum absolute atomic E-state index is 0.163. The van der Waals surface area contributed by atoms with E-state index in [2.05, 4.69) is 15.1 Å². The predicted octanol–water partition coefficient (Wildman–Crippen LogP) is 2.80. The third kappa shape index (κ3) is 4.98. The van der Waals surface area contributed by atoms with Gasteiger partial charge in [-0.15, -0.1) is 0 Å². The lowest BCUT2D eigenvalue weighted by atomic mass is 10.2. The Hall–Kier alpha value is -4.04. The lowest BCUT2D eigenvalue weighted by molar-refractivity contribution is -0.127. The Bertz CT molecular complexity index is 1290. The molecule has 162 valence electrons. The molecule has 0 spiro atoms. The molecule has 0 aliphatic heterocycles. The van der Waals surface area contributed by atoms with Crippen LogP contribution in [0.25, 0.3) is 22.7 Å². The van der Waals surface area contributed by atoms with Gasteiger partial charge in [0.1, 0.15) is 5.82 Å². The number of nitrogens with one attached hydrogen (secondary N) is 1. The first-order chi connectivity index (χ1) is 15.6. The number of para-hydroxylation sites is 2. The molecule has 4 aromatic rings. The maximum atomic E-state index is 12.9. The third-order valence-electron chi connectivity index (χ3n) is 4.92. The smallest absolute Gasteiger partial charge is 0.258 e.